The van der Waals surface area contributed by atoms with Crippen molar-refractivity contribution in [1.29, 1.82) is 5.26 Å². The second kappa shape index (κ2) is 8.81. The van der Waals surface area contributed by atoms with E-state index in [0.29, 0.717) is 17.1 Å². The van der Waals surface area contributed by atoms with Crippen molar-refractivity contribution in [3.8, 4) is 34.5 Å². The lowest BCUT2D eigenvalue weighted by Gasteiger charge is -2.13. The van der Waals surface area contributed by atoms with Crippen molar-refractivity contribution in [2.45, 2.75) is 0 Å². The number of methoxy groups -OCH3 is 2. The van der Waals surface area contributed by atoms with Crippen molar-refractivity contribution < 1.29 is 9.47 Å². The first kappa shape index (κ1) is 22.3. The molecule has 0 bridgehead atoms. The van der Waals surface area contributed by atoms with Gasteiger partial charge in [0.1, 0.15) is 11.5 Å². The SMILES string of the molecule is COc1ccc(-n2c(=NC#N)n(C)c3cnc4ccc(-c5ccc6ncccc6c5)cc4c32)c(OC)c1. The van der Waals surface area contributed by atoms with Crippen molar-refractivity contribution in [3.05, 3.63) is 84.7 Å². The molecule has 3 aromatic heterocycles. The number of rotatable bonds is 4. The van der Waals surface area contributed by atoms with Gasteiger partial charge in [-0.1, -0.05) is 18.2 Å². The number of hydrogen-bond acceptors (Lipinski definition) is 6. The van der Waals surface area contributed by atoms with E-state index in [1.165, 1.54) is 0 Å². The fourth-order valence-corrected chi connectivity index (χ4v) is 4.81. The summed E-state index contributed by atoms with van der Waals surface area (Å²) < 4.78 is 14.9. The smallest absolute Gasteiger partial charge is 0.226 e. The normalized spacial score (nSPS) is 11.8. The molecule has 0 atom stereocenters. The third-order valence-electron chi connectivity index (χ3n) is 6.62. The first-order valence-electron chi connectivity index (χ1n) is 11.6. The van der Waals surface area contributed by atoms with Crippen LogP contribution < -0.4 is 15.1 Å². The number of nitrogens with zero attached hydrogens (tertiary/aromatic N) is 6. The minimum atomic E-state index is 0.456. The average molecular weight is 487 g/mol. The number of nitriles is 1. The fourth-order valence-electron chi connectivity index (χ4n) is 4.81. The van der Waals surface area contributed by atoms with Gasteiger partial charge in [0.2, 0.25) is 11.8 Å². The Balaban J connectivity index is 1.70. The summed E-state index contributed by atoms with van der Waals surface area (Å²) in [5.74, 6) is 1.26. The zero-order valence-corrected chi connectivity index (χ0v) is 20.5. The molecule has 0 unspecified atom stereocenters. The molecule has 0 aliphatic rings. The Kier molecular flexibility index (Phi) is 5.31. The van der Waals surface area contributed by atoms with Gasteiger partial charge in [-0.05, 0) is 53.6 Å². The van der Waals surface area contributed by atoms with Crippen LogP contribution in [0.1, 0.15) is 0 Å². The molecule has 3 aromatic carbocycles. The van der Waals surface area contributed by atoms with E-state index >= 15 is 0 Å². The fraction of sp³-hybridized carbons (Fsp3) is 0.103. The number of aromatic nitrogens is 4. The van der Waals surface area contributed by atoms with E-state index < -0.39 is 0 Å². The van der Waals surface area contributed by atoms with Crippen molar-refractivity contribution in [2.24, 2.45) is 12.0 Å². The van der Waals surface area contributed by atoms with Crippen LogP contribution in [0.5, 0.6) is 11.5 Å². The summed E-state index contributed by atoms with van der Waals surface area (Å²) >= 11 is 0. The molecular formula is C29H22N6O2. The van der Waals surface area contributed by atoms with E-state index in [1.54, 1.807) is 20.4 Å². The Labute approximate surface area is 212 Å². The Morgan fingerprint density at radius 2 is 1.70 bits per heavy atom. The van der Waals surface area contributed by atoms with Crippen LogP contribution >= 0.6 is 0 Å². The van der Waals surface area contributed by atoms with Crippen molar-refractivity contribution in [1.82, 2.24) is 19.1 Å². The van der Waals surface area contributed by atoms with Gasteiger partial charge in [0.05, 0.1) is 48.2 Å². The quantitative estimate of drug-likeness (QED) is 0.322. The molecule has 0 radical (unpaired) electrons. The highest BCUT2D eigenvalue weighted by Crippen LogP contribution is 2.34. The van der Waals surface area contributed by atoms with Gasteiger partial charge in [-0.2, -0.15) is 5.26 Å². The lowest BCUT2D eigenvalue weighted by Crippen LogP contribution is -2.23. The Hall–Kier alpha value is -5.16. The molecule has 0 fully saturated rings. The third-order valence-corrected chi connectivity index (χ3v) is 6.62. The van der Waals surface area contributed by atoms with E-state index in [1.807, 2.05) is 65.0 Å². The zero-order valence-electron chi connectivity index (χ0n) is 20.5. The minimum Gasteiger partial charge on any atom is -0.497 e. The average Bonchev–Trinajstić information content (AvgIpc) is 3.23. The molecule has 37 heavy (non-hydrogen) atoms. The summed E-state index contributed by atoms with van der Waals surface area (Å²) in [5.41, 5.74) is 6.79. The lowest BCUT2D eigenvalue weighted by atomic mass is 10.0. The summed E-state index contributed by atoms with van der Waals surface area (Å²) in [6, 6.07) is 22.0. The molecule has 8 nitrogen and oxygen atoms in total. The van der Waals surface area contributed by atoms with Gasteiger partial charge in [0.15, 0.2) is 0 Å². The van der Waals surface area contributed by atoms with Crippen LogP contribution in [0.4, 0.5) is 0 Å². The van der Waals surface area contributed by atoms with Crippen LogP contribution in [0, 0.1) is 11.5 Å². The molecule has 0 aliphatic heterocycles. The van der Waals surface area contributed by atoms with Gasteiger partial charge < -0.3 is 14.0 Å². The van der Waals surface area contributed by atoms with E-state index in [9.17, 15) is 5.26 Å². The van der Waals surface area contributed by atoms with Crippen LogP contribution in [0.15, 0.2) is 84.1 Å². The maximum atomic E-state index is 9.53. The predicted molar refractivity (Wildman–Crippen MR) is 143 cm³/mol. The summed E-state index contributed by atoms with van der Waals surface area (Å²) in [4.78, 5) is 13.3. The molecule has 8 heteroatoms. The van der Waals surface area contributed by atoms with Gasteiger partial charge in [-0.3, -0.25) is 14.5 Å². The molecule has 3 heterocycles. The number of ether oxygens (including phenoxy) is 2. The maximum absolute atomic E-state index is 9.53. The minimum absolute atomic E-state index is 0.456. The summed E-state index contributed by atoms with van der Waals surface area (Å²) in [6.45, 7) is 0. The highest BCUT2D eigenvalue weighted by molar-refractivity contribution is 6.05. The first-order chi connectivity index (χ1) is 18.1. The largest absolute Gasteiger partial charge is 0.497 e. The van der Waals surface area contributed by atoms with Gasteiger partial charge in [0, 0.05) is 30.1 Å². The molecule has 0 spiro atoms. The topological polar surface area (TPSA) is 90.2 Å². The van der Waals surface area contributed by atoms with Crippen LogP contribution in [0.25, 0.3) is 49.7 Å². The summed E-state index contributed by atoms with van der Waals surface area (Å²) in [7, 11) is 5.09. The maximum Gasteiger partial charge on any atom is 0.226 e. The Morgan fingerprint density at radius 3 is 2.49 bits per heavy atom. The van der Waals surface area contributed by atoms with Crippen molar-refractivity contribution >= 4 is 32.8 Å². The number of benzene rings is 3. The van der Waals surface area contributed by atoms with Crippen molar-refractivity contribution in [2.75, 3.05) is 14.2 Å². The number of imidazole rings is 1. The number of hydrogen-bond donors (Lipinski definition) is 0. The summed E-state index contributed by atoms with van der Waals surface area (Å²) in [5, 5.41) is 11.5. The molecule has 180 valence electrons. The second-order valence-electron chi connectivity index (χ2n) is 8.58. The van der Waals surface area contributed by atoms with Gasteiger partial charge >= 0.3 is 0 Å². The van der Waals surface area contributed by atoms with Crippen LogP contribution in [0.2, 0.25) is 0 Å². The molecule has 0 saturated carbocycles. The van der Waals surface area contributed by atoms with E-state index in [4.69, 9.17) is 14.5 Å². The third kappa shape index (κ3) is 3.56. The van der Waals surface area contributed by atoms with Crippen LogP contribution in [-0.4, -0.2) is 33.3 Å². The predicted octanol–water partition coefficient (Wildman–Crippen LogP) is 5.13. The Bertz CT molecular complexity index is 1940. The number of fused-ring (bicyclic) bond motifs is 4. The second-order valence-corrected chi connectivity index (χ2v) is 8.58. The first-order valence-corrected chi connectivity index (χ1v) is 11.6. The molecule has 0 amide bonds. The number of pyridine rings is 2. The number of aryl methyl sites for hydroxylation is 1. The molecular weight excluding hydrogens is 464 g/mol. The van der Waals surface area contributed by atoms with Gasteiger partial charge in [-0.25, -0.2) is 0 Å². The van der Waals surface area contributed by atoms with Gasteiger partial charge in [0.25, 0.3) is 0 Å². The molecule has 6 rings (SSSR count). The van der Waals surface area contributed by atoms with E-state index in [0.717, 1.165) is 49.7 Å². The molecule has 0 aliphatic carbocycles. The lowest BCUT2D eigenvalue weighted by molar-refractivity contribution is 0.393. The van der Waals surface area contributed by atoms with Crippen molar-refractivity contribution in [3.63, 3.8) is 0 Å². The van der Waals surface area contributed by atoms with Crippen LogP contribution in [-0.2, 0) is 7.05 Å². The standard InChI is InChI=1S/C29H22N6O2/c1-34-26-16-32-24-10-7-19(18-6-9-23-20(13-18)5-4-12-31-23)14-22(24)28(26)35(29(34)33-17-30)25-11-8-21(36-2)15-27(25)37-3/h4-16H,1-3H3. The van der Waals surface area contributed by atoms with E-state index in [-0.39, 0.29) is 0 Å². The zero-order chi connectivity index (χ0) is 25.5. The van der Waals surface area contributed by atoms with Crippen LogP contribution in [0.3, 0.4) is 0 Å². The molecule has 6 aromatic rings. The van der Waals surface area contributed by atoms with E-state index in [2.05, 4.69) is 40.3 Å². The summed E-state index contributed by atoms with van der Waals surface area (Å²) in [6.07, 6.45) is 5.55. The monoisotopic (exact) mass is 486 g/mol. The molecule has 0 N–H and O–H groups in total. The highest BCUT2D eigenvalue weighted by Gasteiger charge is 2.19. The van der Waals surface area contributed by atoms with Gasteiger partial charge in [-0.15, -0.1) is 4.99 Å². The highest BCUT2D eigenvalue weighted by atomic mass is 16.5. The molecule has 0 saturated heterocycles. The Morgan fingerprint density at radius 1 is 0.892 bits per heavy atom.